The number of furan rings is 1. The minimum atomic E-state index is -0.00566. The van der Waals surface area contributed by atoms with Gasteiger partial charge in [0.2, 0.25) is 5.91 Å². The lowest BCUT2D eigenvalue weighted by atomic mass is 10.1. The molecule has 0 unspecified atom stereocenters. The van der Waals surface area contributed by atoms with Crippen molar-refractivity contribution in [1.29, 1.82) is 0 Å². The van der Waals surface area contributed by atoms with Gasteiger partial charge in [0.15, 0.2) is 0 Å². The van der Waals surface area contributed by atoms with Crippen LogP contribution in [-0.4, -0.2) is 57.2 Å². The largest absolute Gasteiger partial charge is 0.468 e. The van der Waals surface area contributed by atoms with Crippen LogP contribution in [0.2, 0.25) is 0 Å². The fourth-order valence-corrected chi connectivity index (χ4v) is 2.80. The Hall–Kier alpha value is -1.37. The highest BCUT2D eigenvalue weighted by molar-refractivity contribution is 5.77. The first kappa shape index (κ1) is 17.0. The van der Waals surface area contributed by atoms with E-state index in [-0.39, 0.29) is 11.9 Å². The summed E-state index contributed by atoms with van der Waals surface area (Å²) < 4.78 is 10.5. The average Bonchev–Trinajstić information content (AvgIpc) is 3.07. The molecule has 2 N–H and O–H groups in total. The third-order valence-corrected chi connectivity index (χ3v) is 3.95. The van der Waals surface area contributed by atoms with Crippen molar-refractivity contribution in [2.75, 3.05) is 46.4 Å². The normalized spacial score (nSPS) is 17.3. The van der Waals surface area contributed by atoms with Crippen LogP contribution in [-0.2, 0) is 9.53 Å². The maximum absolute atomic E-state index is 11.7. The number of ether oxygens (including phenoxy) is 1. The summed E-state index contributed by atoms with van der Waals surface area (Å²) in [7, 11) is 1.62. The van der Waals surface area contributed by atoms with E-state index in [1.54, 1.807) is 13.4 Å². The van der Waals surface area contributed by atoms with Crippen LogP contribution in [0.5, 0.6) is 0 Å². The monoisotopic (exact) mass is 309 g/mol. The Bertz CT molecular complexity index is 416. The molecule has 0 aliphatic carbocycles. The summed E-state index contributed by atoms with van der Waals surface area (Å²) in [5, 5.41) is 6.05. The zero-order valence-electron chi connectivity index (χ0n) is 13.3. The number of carbonyl (C=O) groups excluding carboxylic acids is 1. The van der Waals surface area contributed by atoms with Gasteiger partial charge in [0.05, 0.1) is 25.5 Å². The summed E-state index contributed by atoms with van der Waals surface area (Å²) in [5.74, 6) is 0.961. The summed E-state index contributed by atoms with van der Waals surface area (Å²) in [6.45, 7) is 4.29. The van der Waals surface area contributed by atoms with E-state index < -0.39 is 0 Å². The van der Waals surface area contributed by atoms with Crippen molar-refractivity contribution in [3.05, 3.63) is 24.2 Å². The number of piperidine rings is 1. The Morgan fingerprint density at radius 1 is 1.41 bits per heavy atom. The van der Waals surface area contributed by atoms with E-state index in [4.69, 9.17) is 9.15 Å². The average molecular weight is 309 g/mol. The number of nitrogens with one attached hydrogen (secondary N) is 2. The molecule has 6 heteroatoms. The lowest BCUT2D eigenvalue weighted by Gasteiger charge is -2.33. The van der Waals surface area contributed by atoms with Crippen LogP contribution in [0.25, 0.3) is 0 Å². The van der Waals surface area contributed by atoms with Crippen molar-refractivity contribution >= 4 is 5.91 Å². The maximum Gasteiger partial charge on any atom is 0.234 e. The van der Waals surface area contributed by atoms with Gasteiger partial charge in [-0.3, -0.25) is 9.69 Å². The van der Waals surface area contributed by atoms with Gasteiger partial charge in [0.1, 0.15) is 5.76 Å². The highest BCUT2D eigenvalue weighted by Gasteiger charge is 2.24. The molecular formula is C16H27N3O3. The Kier molecular flexibility index (Phi) is 7.42. The summed E-state index contributed by atoms with van der Waals surface area (Å²) in [6.07, 6.45) is 5.48. The van der Waals surface area contributed by atoms with Crippen LogP contribution in [0.1, 0.15) is 31.1 Å². The molecule has 0 spiro atoms. The summed E-state index contributed by atoms with van der Waals surface area (Å²) >= 11 is 0. The lowest BCUT2D eigenvalue weighted by molar-refractivity contribution is -0.120. The lowest BCUT2D eigenvalue weighted by Crippen LogP contribution is -2.42. The van der Waals surface area contributed by atoms with Gasteiger partial charge in [-0.25, -0.2) is 0 Å². The van der Waals surface area contributed by atoms with E-state index in [2.05, 4.69) is 15.5 Å². The van der Waals surface area contributed by atoms with E-state index in [1.165, 1.54) is 19.3 Å². The van der Waals surface area contributed by atoms with Gasteiger partial charge in [-0.05, 0) is 38.1 Å². The molecule has 2 heterocycles. The van der Waals surface area contributed by atoms with Crippen molar-refractivity contribution in [1.82, 2.24) is 15.5 Å². The van der Waals surface area contributed by atoms with E-state index in [9.17, 15) is 4.79 Å². The molecule has 0 aromatic carbocycles. The van der Waals surface area contributed by atoms with Crippen LogP contribution >= 0.6 is 0 Å². The molecule has 1 aliphatic heterocycles. The van der Waals surface area contributed by atoms with Gasteiger partial charge >= 0.3 is 0 Å². The molecule has 1 atom stereocenters. The van der Waals surface area contributed by atoms with Crippen molar-refractivity contribution in [2.45, 2.75) is 25.3 Å². The second kappa shape index (κ2) is 9.61. The second-order valence-corrected chi connectivity index (χ2v) is 5.60. The number of hydrogen-bond acceptors (Lipinski definition) is 5. The van der Waals surface area contributed by atoms with Crippen molar-refractivity contribution in [3.8, 4) is 0 Å². The predicted molar refractivity (Wildman–Crippen MR) is 84.6 cm³/mol. The third kappa shape index (κ3) is 5.44. The zero-order valence-corrected chi connectivity index (χ0v) is 13.3. The van der Waals surface area contributed by atoms with Crippen molar-refractivity contribution in [2.24, 2.45) is 0 Å². The van der Waals surface area contributed by atoms with Gasteiger partial charge in [-0.1, -0.05) is 6.42 Å². The van der Waals surface area contributed by atoms with Gasteiger partial charge in [-0.2, -0.15) is 0 Å². The number of methoxy groups -OCH3 is 1. The number of nitrogens with zero attached hydrogens (tertiary/aromatic N) is 1. The fraction of sp³-hybridized carbons (Fsp3) is 0.688. The number of carbonyl (C=O) groups is 1. The minimum Gasteiger partial charge on any atom is -0.468 e. The van der Waals surface area contributed by atoms with Gasteiger partial charge < -0.3 is 19.8 Å². The summed E-state index contributed by atoms with van der Waals surface area (Å²) in [4.78, 5) is 14.1. The van der Waals surface area contributed by atoms with Crippen LogP contribution in [0, 0.1) is 0 Å². The quantitative estimate of drug-likeness (QED) is 0.670. The molecule has 0 bridgehead atoms. The molecule has 2 rings (SSSR count). The molecule has 1 aliphatic rings. The standard InChI is InChI=1S/C16H27N3O3/c1-21-11-7-18-16(20)13-17-12-14(15-6-5-10-22-15)19-8-3-2-4-9-19/h5-6,10,14,17H,2-4,7-9,11-13H2,1H3,(H,18,20)/t14-/m0/s1. The topological polar surface area (TPSA) is 66.7 Å². The predicted octanol–water partition coefficient (Wildman–Crippen LogP) is 1.16. The van der Waals surface area contributed by atoms with Gasteiger partial charge in [-0.15, -0.1) is 0 Å². The van der Waals surface area contributed by atoms with E-state index in [1.807, 2.05) is 12.1 Å². The third-order valence-electron chi connectivity index (χ3n) is 3.95. The summed E-state index contributed by atoms with van der Waals surface area (Å²) in [5.41, 5.74) is 0. The highest BCUT2D eigenvalue weighted by Crippen LogP contribution is 2.24. The Labute approximate surface area is 132 Å². The number of hydrogen-bond donors (Lipinski definition) is 2. The molecule has 1 aromatic heterocycles. The smallest absolute Gasteiger partial charge is 0.234 e. The van der Waals surface area contributed by atoms with Gasteiger partial charge in [0, 0.05) is 20.2 Å². The van der Waals surface area contributed by atoms with E-state index in [0.29, 0.717) is 26.2 Å². The first-order valence-electron chi connectivity index (χ1n) is 8.05. The molecule has 0 saturated carbocycles. The Balaban J connectivity index is 1.78. The van der Waals surface area contributed by atoms with Crippen LogP contribution < -0.4 is 10.6 Å². The number of amides is 1. The van der Waals surface area contributed by atoms with Crippen LogP contribution in [0.4, 0.5) is 0 Å². The highest BCUT2D eigenvalue weighted by atomic mass is 16.5. The van der Waals surface area contributed by atoms with Crippen molar-refractivity contribution < 1.29 is 13.9 Å². The molecule has 124 valence electrons. The molecule has 0 radical (unpaired) electrons. The SMILES string of the molecule is COCCNC(=O)CNC[C@@H](c1ccco1)N1CCCCC1. The molecule has 22 heavy (non-hydrogen) atoms. The molecule has 1 aromatic rings. The molecule has 1 fully saturated rings. The van der Waals surface area contributed by atoms with Crippen LogP contribution in [0.15, 0.2) is 22.8 Å². The number of likely N-dealkylation sites (tertiary alicyclic amines) is 1. The van der Waals surface area contributed by atoms with Gasteiger partial charge in [0.25, 0.3) is 0 Å². The molecule has 6 nitrogen and oxygen atoms in total. The van der Waals surface area contributed by atoms with E-state index in [0.717, 1.165) is 18.8 Å². The van der Waals surface area contributed by atoms with E-state index >= 15 is 0 Å². The first-order chi connectivity index (χ1) is 10.8. The fourth-order valence-electron chi connectivity index (χ4n) is 2.80. The minimum absolute atomic E-state index is 0.00566. The Morgan fingerprint density at radius 2 is 2.23 bits per heavy atom. The summed E-state index contributed by atoms with van der Waals surface area (Å²) in [6, 6.07) is 4.13. The first-order valence-corrected chi connectivity index (χ1v) is 8.05. The van der Waals surface area contributed by atoms with Crippen LogP contribution in [0.3, 0.4) is 0 Å². The zero-order chi connectivity index (χ0) is 15.6. The second-order valence-electron chi connectivity index (χ2n) is 5.60. The van der Waals surface area contributed by atoms with Crippen molar-refractivity contribution in [3.63, 3.8) is 0 Å². The molecular weight excluding hydrogens is 282 g/mol. The molecule has 1 amide bonds. The maximum atomic E-state index is 11.7. The number of rotatable bonds is 9. The Morgan fingerprint density at radius 3 is 2.91 bits per heavy atom. The molecule has 1 saturated heterocycles.